The monoisotopic (exact) mass is 200 g/mol. The molecule has 1 fully saturated rings. The van der Waals surface area contributed by atoms with Gasteiger partial charge < -0.3 is 10.5 Å². The van der Waals surface area contributed by atoms with Crippen LogP contribution in [0.15, 0.2) is 0 Å². The third-order valence-corrected chi connectivity index (χ3v) is 2.45. The minimum absolute atomic E-state index is 0.638. The van der Waals surface area contributed by atoms with Crippen LogP contribution in [0, 0.1) is 5.92 Å². The van der Waals surface area contributed by atoms with Gasteiger partial charge in [0.15, 0.2) is 0 Å². The van der Waals surface area contributed by atoms with Gasteiger partial charge >= 0.3 is 0 Å². The molecule has 84 valence electrons. The molecule has 1 saturated carbocycles. The van der Waals surface area contributed by atoms with Gasteiger partial charge in [-0.1, -0.05) is 13.8 Å². The Kier molecular flexibility index (Phi) is 5.45. The first-order valence-corrected chi connectivity index (χ1v) is 5.76. The Morgan fingerprint density at radius 3 is 2.57 bits per heavy atom. The molecule has 0 amide bonds. The van der Waals surface area contributed by atoms with Crippen LogP contribution in [0.3, 0.4) is 0 Å². The van der Waals surface area contributed by atoms with Crippen LogP contribution in [-0.4, -0.2) is 43.8 Å². The van der Waals surface area contributed by atoms with Gasteiger partial charge in [-0.3, -0.25) is 4.90 Å². The summed E-state index contributed by atoms with van der Waals surface area (Å²) in [4.78, 5) is 2.46. The lowest BCUT2D eigenvalue weighted by Gasteiger charge is -2.21. The zero-order chi connectivity index (χ0) is 10.4. The van der Waals surface area contributed by atoms with Gasteiger partial charge in [0.2, 0.25) is 0 Å². The van der Waals surface area contributed by atoms with Crippen molar-refractivity contribution < 1.29 is 4.74 Å². The third-order valence-electron chi connectivity index (χ3n) is 2.45. The Bertz CT molecular complexity index is 146. The van der Waals surface area contributed by atoms with Crippen LogP contribution in [0.2, 0.25) is 0 Å². The molecular formula is C11H24N2O. The first kappa shape index (κ1) is 12.0. The molecule has 0 aromatic carbocycles. The van der Waals surface area contributed by atoms with Crippen LogP contribution in [-0.2, 0) is 4.74 Å². The molecule has 0 heterocycles. The minimum Gasteiger partial charge on any atom is -0.380 e. The van der Waals surface area contributed by atoms with Gasteiger partial charge in [0, 0.05) is 32.3 Å². The summed E-state index contributed by atoms with van der Waals surface area (Å²) in [5, 5.41) is 0. The Balaban J connectivity index is 2.01. The average molecular weight is 200 g/mol. The van der Waals surface area contributed by atoms with E-state index >= 15 is 0 Å². The first-order valence-electron chi connectivity index (χ1n) is 5.76. The summed E-state index contributed by atoms with van der Waals surface area (Å²) >= 11 is 0. The largest absolute Gasteiger partial charge is 0.380 e. The first-order chi connectivity index (χ1) is 6.74. The fourth-order valence-electron chi connectivity index (χ4n) is 1.58. The summed E-state index contributed by atoms with van der Waals surface area (Å²) in [6, 6.07) is 0.807. The van der Waals surface area contributed by atoms with E-state index in [1.807, 2.05) is 0 Å². The standard InChI is InChI=1S/C11H24N2O/c1-10(2)9-14-8-7-13(6-5-12)11-3-4-11/h10-11H,3-9,12H2,1-2H3. The second kappa shape index (κ2) is 6.38. The fourth-order valence-corrected chi connectivity index (χ4v) is 1.58. The molecule has 0 spiro atoms. The van der Waals surface area contributed by atoms with Gasteiger partial charge in [0.25, 0.3) is 0 Å². The van der Waals surface area contributed by atoms with E-state index in [2.05, 4.69) is 18.7 Å². The van der Waals surface area contributed by atoms with Crippen molar-refractivity contribution in [2.75, 3.05) is 32.8 Å². The maximum atomic E-state index is 5.57. The molecule has 3 nitrogen and oxygen atoms in total. The summed E-state index contributed by atoms with van der Waals surface area (Å²) in [5.41, 5.74) is 5.56. The van der Waals surface area contributed by atoms with Crippen molar-refractivity contribution in [2.45, 2.75) is 32.7 Å². The van der Waals surface area contributed by atoms with E-state index in [9.17, 15) is 0 Å². The lowest BCUT2D eigenvalue weighted by Crippen LogP contribution is -2.34. The number of hydrogen-bond acceptors (Lipinski definition) is 3. The van der Waals surface area contributed by atoms with Crippen LogP contribution < -0.4 is 5.73 Å². The summed E-state index contributed by atoms with van der Waals surface area (Å²) in [7, 11) is 0. The molecule has 0 aromatic rings. The van der Waals surface area contributed by atoms with E-state index < -0.39 is 0 Å². The van der Waals surface area contributed by atoms with E-state index in [4.69, 9.17) is 10.5 Å². The molecule has 0 unspecified atom stereocenters. The Morgan fingerprint density at radius 2 is 2.07 bits per heavy atom. The Labute approximate surface area is 87.6 Å². The Morgan fingerprint density at radius 1 is 1.36 bits per heavy atom. The van der Waals surface area contributed by atoms with Gasteiger partial charge in [-0.2, -0.15) is 0 Å². The number of rotatable bonds is 8. The maximum Gasteiger partial charge on any atom is 0.0593 e. The smallest absolute Gasteiger partial charge is 0.0593 e. The lowest BCUT2D eigenvalue weighted by molar-refractivity contribution is 0.0840. The molecule has 14 heavy (non-hydrogen) atoms. The van der Waals surface area contributed by atoms with Crippen molar-refractivity contribution in [3.8, 4) is 0 Å². The highest BCUT2D eigenvalue weighted by Gasteiger charge is 2.27. The predicted molar refractivity (Wildman–Crippen MR) is 59.3 cm³/mol. The van der Waals surface area contributed by atoms with E-state index in [1.54, 1.807) is 0 Å². The predicted octanol–water partition coefficient (Wildman–Crippen LogP) is 1.08. The van der Waals surface area contributed by atoms with E-state index in [-0.39, 0.29) is 0 Å². The summed E-state index contributed by atoms with van der Waals surface area (Å²) in [6.07, 6.45) is 2.70. The molecular weight excluding hydrogens is 176 g/mol. The van der Waals surface area contributed by atoms with Crippen LogP contribution in [0.1, 0.15) is 26.7 Å². The molecule has 0 atom stereocenters. The molecule has 1 rings (SSSR count). The Hall–Kier alpha value is -0.120. The normalized spacial score (nSPS) is 16.9. The maximum absolute atomic E-state index is 5.57. The summed E-state index contributed by atoms with van der Waals surface area (Å²) in [6.45, 7) is 8.93. The second-order valence-electron chi connectivity index (χ2n) is 4.52. The quantitative estimate of drug-likeness (QED) is 0.596. The highest BCUT2D eigenvalue weighted by atomic mass is 16.5. The van der Waals surface area contributed by atoms with Crippen LogP contribution in [0.4, 0.5) is 0 Å². The number of hydrogen-bond donors (Lipinski definition) is 1. The van der Waals surface area contributed by atoms with Gasteiger partial charge in [0.05, 0.1) is 6.61 Å². The van der Waals surface area contributed by atoms with Crippen LogP contribution in [0.25, 0.3) is 0 Å². The van der Waals surface area contributed by atoms with E-state index in [0.29, 0.717) is 5.92 Å². The van der Waals surface area contributed by atoms with Crippen LogP contribution in [0.5, 0.6) is 0 Å². The van der Waals surface area contributed by atoms with Gasteiger partial charge in [-0.25, -0.2) is 0 Å². The van der Waals surface area contributed by atoms with E-state index in [0.717, 1.165) is 38.9 Å². The van der Waals surface area contributed by atoms with Crippen molar-refractivity contribution in [1.82, 2.24) is 4.90 Å². The molecule has 0 bridgehead atoms. The number of nitrogens with two attached hydrogens (primary N) is 1. The van der Waals surface area contributed by atoms with Gasteiger partial charge in [0.1, 0.15) is 0 Å². The fraction of sp³-hybridized carbons (Fsp3) is 1.00. The van der Waals surface area contributed by atoms with Crippen molar-refractivity contribution >= 4 is 0 Å². The molecule has 1 aliphatic rings. The van der Waals surface area contributed by atoms with E-state index in [1.165, 1.54) is 12.8 Å². The zero-order valence-corrected chi connectivity index (χ0v) is 9.54. The van der Waals surface area contributed by atoms with Gasteiger partial charge in [-0.05, 0) is 18.8 Å². The molecule has 2 N–H and O–H groups in total. The summed E-state index contributed by atoms with van der Waals surface area (Å²) in [5.74, 6) is 0.638. The highest BCUT2D eigenvalue weighted by molar-refractivity contribution is 4.84. The minimum atomic E-state index is 0.638. The van der Waals surface area contributed by atoms with Crippen molar-refractivity contribution in [3.05, 3.63) is 0 Å². The number of ether oxygens (including phenoxy) is 1. The van der Waals surface area contributed by atoms with Crippen molar-refractivity contribution in [3.63, 3.8) is 0 Å². The van der Waals surface area contributed by atoms with Crippen molar-refractivity contribution in [2.24, 2.45) is 11.7 Å². The average Bonchev–Trinajstić information content (AvgIpc) is 2.93. The molecule has 1 aliphatic carbocycles. The molecule has 0 radical (unpaired) electrons. The third kappa shape index (κ3) is 4.94. The topological polar surface area (TPSA) is 38.5 Å². The second-order valence-corrected chi connectivity index (χ2v) is 4.52. The van der Waals surface area contributed by atoms with Gasteiger partial charge in [-0.15, -0.1) is 0 Å². The highest BCUT2D eigenvalue weighted by Crippen LogP contribution is 2.25. The SMILES string of the molecule is CC(C)COCCN(CCN)C1CC1. The molecule has 3 heteroatoms. The molecule has 0 saturated heterocycles. The van der Waals surface area contributed by atoms with Crippen LogP contribution >= 0.6 is 0 Å². The molecule has 0 aromatic heterocycles. The summed E-state index contributed by atoms with van der Waals surface area (Å²) < 4.78 is 5.57. The number of nitrogens with zero attached hydrogens (tertiary/aromatic N) is 1. The van der Waals surface area contributed by atoms with Crippen molar-refractivity contribution in [1.29, 1.82) is 0 Å². The zero-order valence-electron chi connectivity index (χ0n) is 9.54. The molecule has 0 aliphatic heterocycles. The lowest BCUT2D eigenvalue weighted by atomic mass is 10.2.